The van der Waals surface area contributed by atoms with Crippen molar-refractivity contribution in [2.75, 3.05) is 12.3 Å². The number of nitrogens with one attached hydrogen (secondary N) is 1. The standard InChI is InChI=1S/C12H25NS/c1-5-7-8-9-12(13-6-2)10-14-11(3)4/h5,11-13H,1,6-10H2,2-4H3. The van der Waals surface area contributed by atoms with Crippen LogP contribution in [0.1, 0.15) is 40.0 Å². The number of thioether (sulfide) groups is 1. The number of rotatable bonds is 9. The fraction of sp³-hybridized carbons (Fsp3) is 0.833. The van der Waals surface area contributed by atoms with Gasteiger partial charge in [0.15, 0.2) is 0 Å². The van der Waals surface area contributed by atoms with Gasteiger partial charge >= 0.3 is 0 Å². The van der Waals surface area contributed by atoms with Gasteiger partial charge in [0.05, 0.1) is 0 Å². The van der Waals surface area contributed by atoms with Gasteiger partial charge in [0.2, 0.25) is 0 Å². The van der Waals surface area contributed by atoms with E-state index in [1.165, 1.54) is 18.6 Å². The summed E-state index contributed by atoms with van der Waals surface area (Å²) < 4.78 is 0. The monoisotopic (exact) mass is 215 g/mol. The highest BCUT2D eigenvalue weighted by Crippen LogP contribution is 2.13. The Kier molecular flexibility index (Phi) is 9.63. The summed E-state index contributed by atoms with van der Waals surface area (Å²) in [5, 5.41) is 4.29. The van der Waals surface area contributed by atoms with Crippen LogP contribution >= 0.6 is 11.8 Å². The molecule has 0 radical (unpaired) electrons. The topological polar surface area (TPSA) is 12.0 Å². The van der Waals surface area contributed by atoms with Crippen LogP contribution in [0.4, 0.5) is 0 Å². The van der Waals surface area contributed by atoms with Gasteiger partial charge in [0, 0.05) is 11.8 Å². The summed E-state index contributed by atoms with van der Waals surface area (Å²) in [5.41, 5.74) is 0. The molecule has 1 N–H and O–H groups in total. The van der Waals surface area contributed by atoms with Gasteiger partial charge in [-0.15, -0.1) is 6.58 Å². The van der Waals surface area contributed by atoms with Crippen LogP contribution in [0.5, 0.6) is 0 Å². The van der Waals surface area contributed by atoms with E-state index in [0.29, 0.717) is 6.04 Å². The Balaban J connectivity index is 3.59. The van der Waals surface area contributed by atoms with Gasteiger partial charge < -0.3 is 5.32 Å². The fourth-order valence-corrected chi connectivity index (χ4v) is 2.25. The molecule has 0 aliphatic rings. The van der Waals surface area contributed by atoms with E-state index in [0.717, 1.165) is 18.2 Å². The minimum absolute atomic E-state index is 0.687. The zero-order chi connectivity index (χ0) is 10.8. The highest BCUT2D eigenvalue weighted by Gasteiger charge is 2.07. The van der Waals surface area contributed by atoms with Crippen molar-refractivity contribution >= 4 is 11.8 Å². The average molecular weight is 215 g/mol. The van der Waals surface area contributed by atoms with Gasteiger partial charge in [-0.25, -0.2) is 0 Å². The van der Waals surface area contributed by atoms with E-state index in [2.05, 4.69) is 32.7 Å². The molecule has 1 unspecified atom stereocenters. The van der Waals surface area contributed by atoms with E-state index in [1.807, 2.05) is 17.8 Å². The number of unbranched alkanes of at least 4 members (excludes halogenated alkanes) is 1. The van der Waals surface area contributed by atoms with Crippen LogP contribution in [0, 0.1) is 0 Å². The molecule has 2 heteroatoms. The number of hydrogen-bond donors (Lipinski definition) is 1. The van der Waals surface area contributed by atoms with Crippen molar-refractivity contribution in [3.8, 4) is 0 Å². The van der Waals surface area contributed by atoms with E-state index in [1.54, 1.807) is 0 Å². The molecule has 0 aromatic rings. The zero-order valence-electron chi connectivity index (χ0n) is 9.88. The summed E-state index contributed by atoms with van der Waals surface area (Å²) in [4.78, 5) is 0. The van der Waals surface area contributed by atoms with E-state index >= 15 is 0 Å². The molecule has 0 spiro atoms. The van der Waals surface area contributed by atoms with Gasteiger partial charge in [-0.2, -0.15) is 11.8 Å². The predicted molar refractivity (Wildman–Crippen MR) is 69.1 cm³/mol. The third-order valence-electron chi connectivity index (χ3n) is 2.08. The van der Waals surface area contributed by atoms with Crippen LogP contribution in [0.15, 0.2) is 12.7 Å². The van der Waals surface area contributed by atoms with Crippen molar-refractivity contribution in [3.63, 3.8) is 0 Å². The maximum Gasteiger partial charge on any atom is 0.0158 e. The van der Waals surface area contributed by atoms with Crippen LogP contribution in [0.3, 0.4) is 0 Å². The Morgan fingerprint density at radius 1 is 1.43 bits per heavy atom. The lowest BCUT2D eigenvalue weighted by Gasteiger charge is -2.18. The third kappa shape index (κ3) is 8.64. The predicted octanol–water partition coefficient (Wildman–Crippen LogP) is 3.46. The molecule has 0 saturated carbocycles. The first-order valence-corrected chi connectivity index (χ1v) is 6.71. The summed E-state index contributed by atoms with van der Waals surface area (Å²) in [6.07, 6.45) is 5.70. The average Bonchev–Trinajstić information content (AvgIpc) is 2.14. The van der Waals surface area contributed by atoms with Gasteiger partial charge in [0.1, 0.15) is 0 Å². The molecule has 0 rings (SSSR count). The molecule has 1 atom stereocenters. The Bertz CT molecular complexity index is 134. The van der Waals surface area contributed by atoms with E-state index < -0.39 is 0 Å². The molecule has 0 heterocycles. The molecule has 0 aliphatic carbocycles. The number of hydrogen-bond acceptors (Lipinski definition) is 2. The Morgan fingerprint density at radius 3 is 2.64 bits per heavy atom. The van der Waals surface area contributed by atoms with Crippen LogP contribution in [0.2, 0.25) is 0 Å². The van der Waals surface area contributed by atoms with Crippen molar-refractivity contribution in [1.82, 2.24) is 5.32 Å². The van der Waals surface area contributed by atoms with E-state index in [9.17, 15) is 0 Å². The van der Waals surface area contributed by atoms with Crippen LogP contribution in [-0.4, -0.2) is 23.6 Å². The molecule has 14 heavy (non-hydrogen) atoms. The molecule has 0 aromatic carbocycles. The molecule has 0 bridgehead atoms. The molecule has 1 nitrogen and oxygen atoms in total. The van der Waals surface area contributed by atoms with Gasteiger partial charge in [-0.3, -0.25) is 0 Å². The largest absolute Gasteiger partial charge is 0.313 e. The minimum atomic E-state index is 0.687. The fourth-order valence-electron chi connectivity index (χ4n) is 1.35. The Hall–Kier alpha value is 0.0500. The molecular weight excluding hydrogens is 190 g/mol. The maximum atomic E-state index is 3.75. The highest BCUT2D eigenvalue weighted by molar-refractivity contribution is 7.99. The SMILES string of the molecule is C=CCCCC(CSC(C)C)NCC. The summed E-state index contributed by atoms with van der Waals surface area (Å²) >= 11 is 2.05. The first-order valence-electron chi connectivity index (χ1n) is 5.66. The second-order valence-corrected chi connectivity index (χ2v) is 5.47. The summed E-state index contributed by atoms with van der Waals surface area (Å²) in [6, 6.07) is 0.687. The first kappa shape index (κ1) is 14.1. The number of allylic oxidation sites excluding steroid dienone is 1. The lowest BCUT2D eigenvalue weighted by molar-refractivity contribution is 0.521. The first-order chi connectivity index (χ1) is 6.70. The Morgan fingerprint density at radius 2 is 2.14 bits per heavy atom. The van der Waals surface area contributed by atoms with Crippen LogP contribution in [0.25, 0.3) is 0 Å². The smallest absolute Gasteiger partial charge is 0.0158 e. The molecule has 0 fully saturated rings. The normalized spacial score (nSPS) is 13.1. The minimum Gasteiger partial charge on any atom is -0.313 e. The lowest BCUT2D eigenvalue weighted by Crippen LogP contribution is -2.31. The van der Waals surface area contributed by atoms with Crippen molar-refractivity contribution in [2.45, 2.75) is 51.3 Å². The van der Waals surface area contributed by atoms with E-state index in [-0.39, 0.29) is 0 Å². The highest BCUT2D eigenvalue weighted by atomic mass is 32.2. The van der Waals surface area contributed by atoms with Crippen molar-refractivity contribution < 1.29 is 0 Å². The van der Waals surface area contributed by atoms with Crippen molar-refractivity contribution in [2.24, 2.45) is 0 Å². The molecular formula is C12H25NS. The van der Waals surface area contributed by atoms with Crippen molar-refractivity contribution in [1.29, 1.82) is 0 Å². The molecule has 0 aromatic heterocycles. The van der Waals surface area contributed by atoms with Crippen molar-refractivity contribution in [3.05, 3.63) is 12.7 Å². The van der Waals surface area contributed by atoms with Gasteiger partial charge in [-0.1, -0.05) is 26.8 Å². The summed E-state index contributed by atoms with van der Waals surface area (Å²) in [7, 11) is 0. The maximum absolute atomic E-state index is 3.75. The summed E-state index contributed by atoms with van der Waals surface area (Å²) in [6.45, 7) is 11.5. The Labute approximate surface area is 93.7 Å². The van der Waals surface area contributed by atoms with Crippen LogP contribution in [-0.2, 0) is 0 Å². The third-order valence-corrected chi connectivity index (χ3v) is 3.35. The quantitative estimate of drug-likeness (QED) is 0.467. The zero-order valence-corrected chi connectivity index (χ0v) is 10.7. The second-order valence-electron chi connectivity index (χ2n) is 3.86. The van der Waals surface area contributed by atoms with Gasteiger partial charge in [0.25, 0.3) is 0 Å². The lowest BCUT2D eigenvalue weighted by atomic mass is 10.1. The van der Waals surface area contributed by atoms with Crippen LogP contribution < -0.4 is 5.32 Å². The molecule has 84 valence electrons. The molecule has 0 saturated heterocycles. The molecule has 0 aliphatic heterocycles. The second kappa shape index (κ2) is 9.60. The van der Waals surface area contributed by atoms with E-state index in [4.69, 9.17) is 0 Å². The van der Waals surface area contributed by atoms with Gasteiger partial charge in [-0.05, 0) is 31.1 Å². The summed E-state index contributed by atoms with van der Waals surface area (Å²) in [5.74, 6) is 1.24. The molecule has 0 amide bonds.